The first kappa shape index (κ1) is 13.7. The first-order valence-electron chi connectivity index (χ1n) is 6.75. The minimum absolute atomic E-state index is 0.0261. The summed E-state index contributed by atoms with van der Waals surface area (Å²) in [5.41, 5.74) is 0.263. The van der Waals surface area contributed by atoms with E-state index < -0.39 is 5.82 Å². The summed E-state index contributed by atoms with van der Waals surface area (Å²) >= 11 is 0. The lowest BCUT2D eigenvalue weighted by Gasteiger charge is -2.38. The average molecular weight is 289 g/mol. The molecule has 1 aliphatic heterocycles. The second kappa shape index (κ2) is 5.61. The van der Waals surface area contributed by atoms with E-state index in [4.69, 9.17) is 0 Å². The van der Waals surface area contributed by atoms with E-state index in [2.05, 4.69) is 19.9 Å². The van der Waals surface area contributed by atoms with Crippen molar-refractivity contribution in [3.63, 3.8) is 0 Å². The topological polar surface area (TPSA) is 65.1 Å². The SMILES string of the molecule is CN1CCN(C(=O)c2ccc(F)cn2)CC1c1ncc[nH]1. The lowest BCUT2D eigenvalue weighted by Crippen LogP contribution is -2.49. The second-order valence-corrected chi connectivity index (χ2v) is 5.08. The van der Waals surface area contributed by atoms with E-state index in [0.717, 1.165) is 18.6 Å². The van der Waals surface area contributed by atoms with E-state index in [9.17, 15) is 9.18 Å². The Labute approximate surface area is 121 Å². The van der Waals surface area contributed by atoms with Gasteiger partial charge in [-0.1, -0.05) is 0 Å². The molecule has 1 atom stereocenters. The number of carbonyl (C=O) groups excluding carboxylic acids is 1. The van der Waals surface area contributed by atoms with Gasteiger partial charge in [-0.15, -0.1) is 0 Å². The lowest BCUT2D eigenvalue weighted by atomic mass is 10.1. The predicted octanol–water partition coefficient (Wildman–Crippen LogP) is 1.07. The number of H-pyrrole nitrogens is 1. The normalized spacial score (nSPS) is 19.7. The summed E-state index contributed by atoms with van der Waals surface area (Å²) in [6.45, 7) is 1.89. The number of carbonyl (C=O) groups is 1. The molecule has 2 aromatic rings. The van der Waals surface area contributed by atoms with Crippen LogP contribution in [0, 0.1) is 5.82 Å². The second-order valence-electron chi connectivity index (χ2n) is 5.08. The van der Waals surface area contributed by atoms with Crippen LogP contribution in [0.3, 0.4) is 0 Å². The Morgan fingerprint density at radius 3 is 2.90 bits per heavy atom. The Hall–Kier alpha value is -2.28. The van der Waals surface area contributed by atoms with Crippen molar-refractivity contribution in [2.24, 2.45) is 0 Å². The van der Waals surface area contributed by atoms with Crippen molar-refractivity contribution in [1.29, 1.82) is 0 Å². The van der Waals surface area contributed by atoms with Crippen LogP contribution in [0.5, 0.6) is 0 Å². The van der Waals surface area contributed by atoms with Gasteiger partial charge in [-0.05, 0) is 19.2 Å². The number of hydrogen-bond donors (Lipinski definition) is 1. The Morgan fingerprint density at radius 1 is 1.38 bits per heavy atom. The van der Waals surface area contributed by atoms with E-state index in [1.807, 2.05) is 7.05 Å². The summed E-state index contributed by atoms with van der Waals surface area (Å²) in [6, 6.07) is 2.69. The van der Waals surface area contributed by atoms with Crippen LogP contribution in [-0.2, 0) is 0 Å². The first-order valence-corrected chi connectivity index (χ1v) is 6.75. The number of likely N-dealkylation sites (N-methyl/N-ethyl adjacent to an activating group) is 1. The van der Waals surface area contributed by atoms with Gasteiger partial charge in [0.05, 0.1) is 12.2 Å². The minimum Gasteiger partial charge on any atom is -0.347 e. The first-order chi connectivity index (χ1) is 10.1. The molecule has 7 heteroatoms. The monoisotopic (exact) mass is 289 g/mol. The maximum Gasteiger partial charge on any atom is 0.272 e. The fourth-order valence-corrected chi connectivity index (χ4v) is 2.48. The fraction of sp³-hybridized carbons (Fsp3) is 0.357. The number of aromatic nitrogens is 3. The molecule has 0 aliphatic carbocycles. The van der Waals surface area contributed by atoms with Gasteiger partial charge in [0.25, 0.3) is 5.91 Å². The molecule has 0 aromatic carbocycles. The molecule has 1 N–H and O–H groups in total. The van der Waals surface area contributed by atoms with Crippen molar-refractivity contribution in [2.45, 2.75) is 6.04 Å². The van der Waals surface area contributed by atoms with Crippen LogP contribution in [0.15, 0.2) is 30.7 Å². The lowest BCUT2D eigenvalue weighted by molar-refractivity contribution is 0.0529. The van der Waals surface area contributed by atoms with E-state index in [0.29, 0.717) is 13.1 Å². The quantitative estimate of drug-likeness (QED) is 0.898. The van der Waals surface area contributed by atoms with Crippen LogP contribution in [0.2, 0.25) is 0 Å². The van der Waals surface area contributed by atoms with Crippen LogP contribution in [0.25, 0.3) is 0 Å². The standard InChI is InChI=1S/C14H16FN5O/c1-19-6-7-20(9-12(19)13-16-4-5-17-13)14(21)11-3-2-10(15)8-18-11/h2-5,8,12H,6-7,9H2,1H3,(H,16,17). The van der Waals surface area contributed by atoms with Crippen molar-refractivity contribution in [1.82, 2.24) is 24.8 Å². The smallest absolute Gasteiger partial charge is 0.272 e. The highest BCUT2D eigenvalue weighted by molar-refractivity contribution is 5.92. The van der Waals surface area contributed by atoms with Crippen molar-refractivity contribution < 1.29 is 9.18 Å². The molecule has 1 saturated heterocycles. The molecular formula is C14H16FN5O. The number of piperazine rings is 1. The molecule has 6 nitrogen and oxygen atoms in total. The number of aromatic amines is 1. The molecular weight excluding hydrogens is 273 g/mol. The molecule has 0 bridgehead atoms. The Morgan fingerprint density at radius 2 is 2.24 bits per heavy atom. The largest absolute Gasteiger partial charge is 0.347 e. The summed E-state index contributed by atoms with van der Waals surface area (Å²) in [7, 11) is 2.01. The number of halogens is 1. The van der Waals surface area contributed by atoms with Crippen LogP contribution in [-0.4, -0.2) is 57.3 Å². The van der Waals surface area contributed by atoms with Crippen molar-refractivity contribution >= 4 is 5.91 Å². The number of imidazole rings is 1. The number of nitrogens with one attached hydrogen (secondary N) is 1. The number of amides is 1. The number of nitrogens with zero attached hydrogens (tertiary/aromatic N) is 4. The third-order valence-corrected chi connectivity index (χ3v) is 3.72. The summed E-state index contributed by atoms with van der Waals surface area (Å²) in [5.74, 6) is 0.208. The maximum atomic E-state index is 12.9. The highest BCUT2D eigenvalue weighted by atomic mass is 19.1. The number of pyridine rings is 1. The Kier molecular flexibility index (Phi) is 3.66. The third kappa shape index (κ3) is 2.78. The summed E-state index contributed by atoms with van der Waals surface area (Å²) < 4.78 is 12.9. The highest BCUT2D eigenvalue weighted by Crippen LogP contribution is 2.22. The predicted molar refractivity (Wildman–Crippen MR) is 74.1 cm³/mol. The van der Waals surface area contributed by atoms with Gasteiger partial charge in [0.2, 0.25) is 0 Å². The third-order valence-electron chi connectivity index (χ3n) is 3.72. The van der Waals surface area contributed by atoms with Crippen LogP contribution >= 0.6 is 0 Å². The summed E-state index contributed by atoms with van der Waals surface area (Å²) in [4.78, 5) is 27.5. The maximum absolute atomic E-state index is 12.9. The zero-order valence-corrected chi connectivity index (χ0v) is 11.7. The Bertz CT molecular complexity index is 613. The van der Waals surface area contributed by atoms with E-state index in [1.54, 1.807) is 17.3 Å². The van der Waals surface area contributed by atoms with Crippen LogP contribution < -0.4 is 0 Å². The van der Waals surface area contributed by atoms with Crippen LogP contribution in [0.1, 0.15) is 22.4 Å². The molecule has 2 aromatic heterocycles. The van der Waals surface area contributed by atoms with Gasteiger partial charge in [0.1, 0.15) is 17.3 Å². The van der Waals surface area contributed by atoms with E-state index in [-0.39, 0.29) is 17.6 Å². The van der Waals surface area contributed by atoms with Crippen molar-refractivity contribution in [3.8, 4) is 0 Å². The summed E-state index contributed by atoms with van der Waals surface area (Å²) in [6.07, 6.45) is 4.53. The molecule has 0 spiro atoms. The van der Waals surface area contributed by atoms with Crippen LogP contribution in [0.4, 0.5) is 4.39 Å². The molecule has 3 heterocycles. The molecule has 0 radical (unpaired) electrons. The average Bonchev–Trinajstić information content (AvgIpc) is 3.02. The van der Waals surface area contributed by atoms with Crippen molar-refractivity contribution in [2.75, 3.05) is 26.7 Å². The molecule has 110 valence electrons. The number of rotatable bonds is 2. The molecule has 3 rings (SSSR count). The van der Waals surface area contributed by atoms with E-state index >= 15 is 0 Å². The van der Waals surface area contributed by atoms with Gasteiger partial charge in [-0.3, -0.25) is 9.69 Å². The highest BCUT2D eigenvalue weighted by Gasteiger charge is 2.30. The molecule has 1 unspecified atom stereocenters. The van der Waals surface area contributed by atoms with Gasteiger partial charge in [0, 0.05) is 32.0 Å². The minimum atomic E-state index is -0.446. The summed E-state index contributed by atoms with van der Waals surface area (Å²) in [5, 5.41) is 0. The van der Waals surface area contributed by atoms with Gasteiger partial charge in [0.15, 0.2) is 0 Å². The molecule has 21 heavy (non-hydrogen) atoms. The molecule has 1 fully saturated rings. The zero-order chi connectivity index (χ0) is 14.8. The van der Waals surface area contributed by atoms with E-state index in [1.165, 1.54) is 12.1 Å². The van der Waals surface area contributed by atoms with Gasteiger partial charge in [-0.25, -0.2) is 14.4 Å². The van der Waals surface area contributed by atoms with Gasteiger partial charge in [-0.2, -0.15) is 0 Å². The number of hydrogen-bond acceptors (Lipinski definition) is 4. The zero-order valence-electron chi connectivity index (χ0n) is 11.7. The van der Waals surface area contributed by atoms with Gasteiger partial charge >= 0.3 is 0 Å². The van der Waals surface area contributed by atoms with Crippen molar-refractivity contribution in [3.05, 3.63) is 48.1 Å². The molecule has 1 amide bonds. The van der Waals surface area contributed by atoms with Gasteiger partial charge < -0.3 is 9.88 Å². The molecule has 1 aliphatic rings. The molecule has 0 saturated carbocycles. The fourth-order valence-electron chi connectivity index (χ4n) is 2.48. The Balaban J connectivity index is 1.77.